The van der Waals surface area contributed by atoms with Crippen molar-refractivity contribution >= 4 is 39.5 Å². The largest absolute Gasteiger partial charge is 0.493 e. The molecule has 1 heterocycles. The Bertz CT molecular complexity index is 1140. The summed E-state index contributed by atoms with van der Waals surface area (Å²) in [7, 11) is -1.98. The highest BCUT2D eigenvalue weighted by atomic mass is 32.2. The van der Waals surface area contributed by atoms with Gasteiger partial charge in [0.2, 0.25) is 10.0 Å². The normalized spacial score (nSPS) is 15.0. The molecule has 0 saturated carbocycles. The van der Waals surface area contributed by atoms with Crippen LogP contribution in [0.5, 0.6) is 11.5 Å². The molecule has 0 bridgehead atoms. The maximum atomic E-state index is 12.9. The van der Waals surface area contributed by atoms with E-state index >= 15 is 0 Å². The number of piperazine rings is 1. The number of thioether (sulfide) groups is 2. The lowest BCUT2D eigenvalue weighted by Crippen LogP contribution is -2.51. The molecular weight excluding hydrogens is 529 g/mol. The zero-order chi connectivity index (χ0) is 27.2. The molecule has 2 aromatic rings. The molecule has 0 radical (unpaired) electrons. The van der Waals surface area contributed by atoms with Crippen LogP contribution in [0.4, 0.5) is 0 Å². The summed E-state index contributed by atoms with van der Waals surface area (Å²) >= 11 is 3.81. The van der Waals surface area contributed by atoms with Gasteiger partial charge in [0, 0.05) is 36.7 Å². The number of methoxy groups -OCH3 is 1. The fourth-order valence-electron chi connectivity index (χ4n) is 3.90. The first-order valence-corrected chi connectivity index (χ1v) is 15.8. The number of amides is 1. The third-order valence-electron chi connectivity index (χ3n) is 5.85. The van der Waals surface area contributed by atoms with Crippen molar-refractivity contribution in [1.29, 1.82) is 0 Å². The second kappa shape index (κ2) is 13.3. The van der Waals surface area contributed by atoms with Gasteiger partial charge in [0.25, 0.3) is 5.91 Å². The van der Waals surface area contributed by atoms with Crippen molar-refractivity contribution in [3.05, 3.63) is 53.6 Å². The van der Waals surface area contributed by atoms with E-state index in [4.69, 9.17) is 9.47 Å². The van der Waals surface area contributed by atoms with Crippen molar-refractivity contribution in [1.82, 2.24) is 9.21 Å². The molecule has 1 saturated heterocycles. The number of ether oxygens (including phenoxy) is 2. The van der Waals surface area contributed by atoms with E-state index in [1.54, 1.807) is 36.3 Å². The van der Waals surface area contributed by atoms with Crippen LogP contribution in [0.3, 0.4) is 0 Å². The van der Waals surface area contributed by atoms with E-state index in [0.717, 1.165) is 11.1 Å². The van der Waals surface area contributed by atoms with E-state index in [9.17, 15) is 13.2 Å². The maximum Gasteiger partial charge on any atom is 0.260 e. The minimum atomic E-state index is -3.57. The number of carbonyl (C=O) groups excluding carboxylic acids is 1. The first-order valence-electron chi connectivity index (χ1n) is 12.5. The van der Waals surface area contributed by atoms with Crippen molar-refractivity contribution in [3.8, 4) is 11.5 Å². The van der Waals surface area contributed by atoms with Gasteiger partial charge in [-0.1, -0.05) is 51.5 Å². The molecule has 1 fully saturated rings. The quantitative estimate of drug-likeness (QED) is 0.346. The van der Waals surface area contributed by atoms with Crippen LogP contribution < -0.4 is 9.47 Å². The molecule has 37 heavy (non-hydrogen) atoms. The Morgan fingerprint density at radius 1 is 0.919 bits per heavy atom. The van der Waals surface area contributed by atoms with E-state index in [2.05, 4.69) is 27.7 Å². The van der Waals surface area contributed by atoms with Gasteiger partial charge in [-0.2, -0.15) is 4.31 Å². The second-order valence-electron chi connectivity index (χ2n) is 9.50. The van der Waals surface area contributed by atoms with Gasteiger partial charge in [-0.3, -0.25) is 4.79 Å². The Balaban J connectivity index is 1.59. The van der Waals surface area contributed by atoms with Crippen molar-refractivity contribution < 1.29 is 22.7 Å². The van der Waals surface area contributed by atoms with Gasteiger partial charge in [0.1, 0.15) is 0 Å². The highest BCUT2D eigenvalue weighted by Gasteiger charge is 2.30. The molecule has 0 N–H and O–H groups in total. The predicted octanol–water partition coefficient (Wildman–Crippen LogP) is 5.20. The van der Waals surface area contributed by atoms with Crippen molar-refractivity contribution in [3.63, 3.8) is 0 Å². The highest BCUT2D eigenvalue weighted by Crippen LogP contribution is 2.45. The fraction of sp³-hybridized carbons (Fsp3) is 0.519. The Morgan fingerprint density at radius 3 is 2.05 bits per heavy atom. The minimum Gasteiger partial charge on any atom is -0.493 e. The molecule has 1 aliphatic rings. The van der Waals surface area contributed by atoms with E-state index < -0.39 is 10.0 Å². The smallest absolute Gasteiger partial charge is 0.260 e. The summed E-state index contributed by atoms with van der Waals surface area (Å²) in [5.41, 5.74) is 2.16. The molecule has 0 atom stereocenters. The van der Waals surface area contributed by atoms with Crippen LogP contribution in [0.1, 0.15) is 43.4 Å². The zero-order valence-electron chi connectivity index (χ0n) is 22.5. The summed E-state index contributed by atoms with van der Waals surface area (Å²) in [6, 6.07) is 12.7. The van der Waals surface area contributed by atoms with Crippen LogP contribution in [0.2, 0.25) is 0 Å². The first kappa shape index (κ1) is 29.7. The SMILES string of the molecule is COc1cc(C(SC(C)C)SC(C)C)ccc1OCC(=O)N1CCN(S(=O)(=O)c2ccc(C)cc2)CC1. The number of hydrogen-bond acceptors (Lipinski definition) is 7. The van der Waals surface area contributed by atoms with E-state index in [1.807, 2.05) is 48.6 Å². The molecule has 0 aromatic heterocycles. The van der Waals surface area contributed by atoms with E-state index in [0.29, 0.717) is 35.1 Å². The second-order valence-corrected chi connectivity index (χ2v) is 15.1. The van der Waals surface area contributed by atoms with Crippen LogP contribution in [0, 0.1) is 6.92 Å². The van der Waals surface area contributed by atoms with Gasteiger partial charge in [-0.05, 0) is 36.8 Å². The summed E-state index contributed by atoms with van der Waals surface area (Å²) in [5, 5.41) is 0.978. The van der Waals surface area contributed by atoms with Crippen LogP contribution in [0.15, 0.2) is 47.4 Å². The Morgan fingerprint density at radius 2 is 1.51 bits per heavy atom. The molecule has 2 aromatic carbocycles. The number of nitrogens with zero attached hydrogens (tertiary/aromatic N) is 2. The summed E-state index contributed by atoms with van der Waals surface area (Å²) in [6.07, 6.45) is 0. The van der Waals surface area contributed by atoms with Crippen molar-refractivity contribution in [2.75, 3.05) is 39.9 Å². The van der Waals surface area contributed by atoms with Crippen LogP contribution in [-0.4, -0.2) is 73.9 Å². The topological polar surface area (TPSA) is 76.2 Å². The number of benzene rings is 2. The lowest BCUT2D eigenvalue weighted by molar-refractivity contribution is -0.134. The Labute approximate surface area is 230 Å². The molecule has 0 spiro atoms. The molecule has 7 nitrogen and oxygen atoms in total. The molecular formula is C27H38N2O5S3. The van der Waals surface area contributed by atoms with Gasteiger partial charge in [0.05, 0.1) is 16.6 Å². The number of aryl methyl sites for hydroxylation is 1. The molecule has 204 valence electrons. The Hall–Kier alpha value is -1.88. The van der Waals surface area contributed by atoms with Crippen molar-refractivity contribution in [2.45, 2.75) is 54.6 Å². The molecule has 0 unspecified atom stereocenters. The van der Waals surface area contributed by atoms with Gasteiger partial charge in [-0.15, -0.1) is 23.5 Å². The summed E-state index contributed by atoms with van der Waals surface area (Å²) in [6.45, 7) is 11.7. The monoisotopic (exact) mass is 566 g/mol. The molecule has 10 heteroatoms. The number of sulfonamides is 1. The summed E-state index contributed by atoms with van der Waals surface area (Å²) in [4.78, 5) is 14.8. The summed E-state index contributed by atoms with van der Waals surface area (Å²) < 4.78 is 39.0. The third kappa shape index (κ3) is 8.05. The van der Waals surface area contributed by atoms with Gasteiger partial charge in [-0.25, -0.2) is 8.42 Å². The lowest BCUT2D eigenvalue weighted by Gasteiger charge is -2.34. The highest BCUT2D eigenvalue weighted by molar-refractivity contribution is 8.16. The number of rotatable bonds is 11. The average molecular weight is 567 g/mol. The molecule has 1 aliphatic heterocycles. The number of hydrogen-bond donors (Lipinski definition) is 0. The first-order chi connectivity index (χ1) is 17.5. The molecule has 3 rings (SSSR count). The van der Waals surface area contributed by atoms with Crippen LogP contribution >= 0.6 is 23.5 Å². The summed E-state index contributed by atoms with van der Waals surface area (Å²) in [5.74, 6) is 0.933. The van der Waals surface area contributed by atoms with Gasteiger partial charge in [0.15, 0.2) is 18.1 Å². The van der Waals surface area contributed by atoms with Gasteiger partial charge >= 0.3 is 0 Å². The zero-order valence-corrected chi connectivity index (χ0v) is 24.9. The molecule has 1 amide bonds. The lowest BCUT2D eigenvalue weighted by atomic mass is 10.2. The Kier molecular flexibility index (Phi) is 10.6. The standard InChI is InChI=1S/C27H38N2O5S3/c1-19(2)35-27(36-20(3)4)22-9-12-24(25(17-22)33-6)34-18-26(30)28-13-15-29(16-14-28)37(31,32)23-10-7-21(5)8-11-23/h7-12,17,19-20,27H,13-16,18H2,1-6H3. The third-order valence-corrected chi connectivity index (χ3v) is 10.6. The minimum absolute atomic E-state index is 0.134. The maximum absolute atomic E-state index is 12.9. The van der Waals surface area contributed by atoms with E-state index in [1.165, 1.54) is 4.31 Å². The number of carbonyl (C=O) groups is 1. The van der Waals surface area contributed by atoms with Crippen molar-refractivity contribution in [2.24, 2.45) is 0 Å². The average Bonchev–Trinajstić information content (AvgIpc) is 2.86. The predicted molar refractivity (Wildman–Crippen MR) is 153 cm³/mol. The fourth-order valence-corrected chi connectivity index (χ4v) is 8.51. The van der Waals surface area contributed by atoms with Crippen LogP contribution in [-0.2, 0) is 14.8 Å². The molecule has 0 aliphatic carbocycles. The van der Waals surface area contributed by atoms with Crippen LogP contribution in [0.25, 0.3) is 0 Å². The van der Waals surface area contributed by atoms with Gasteiger partial charge < -0.3 is 14.4 Å². The van der Waals surface area contributed by atoms with E-state index in [-0.39, 0.29) is 35.1 Å².